The van der Waals surface area contributed by atoms with Crippen LogP contribution in [0.1, 0.15) is 57.1 Å². The molecule has 0 aliphatic rings. The van der Waals surface area contributed by atoms with Gasteiger partial charge in [0.25, 0.3) is 0 Å². The average Bonchev–Trinajstić information content (AvgIpc) is 2.35. The lowest BCUT2D eigenvalue weighted by molar-refractivity contribution is 0.399. The fourth-order valence-corrected chi connectivity index (χ4v) is 2.56. The van der Waals surface area contributed by atoms with Crippen molar-refractivity contribution in [1.29, 1.82) is 0 Å². The summed E-state index contributed by atoms with van der Waals surface area (Å²) in [7, 11) is 1.78. The molecule has 0 spiro atoms. The fourth-order valence-electron chi connectivity index (χ4n) is 2.56. The van der Waals surface area contributed by atoms with E-state index in [1.807, 2.05) is 0 Å². The van der Waals surface area contributed by atoms with Crippen molar-refractivity contribution in [1.82, 2.24) is 0 Å². The second-order valence-electron chi connectivity index (χ2n) is 5.43. The van der Waals surface area contributed by atoms with Crippen LogP contribution < -0.4 is 4.74 Å². The largest absolute Gasteiger partial charge is 0.496 e. The molecule has 0 aliphatic heterocycles. The van der Waals surface area contributed by atoms with Crippen LogP contribution in [0.4, 0.5) is 0 Å². The van der Waals surface area contributed by atoms with Gasteiger partial charge < -0.3 is 4.74 Å². The zero-order valence-electron chi connectivity index (χ0n) is 12.5. The molecule has 0 aliphatic carbocycles. The molecule has 0 saturated carbocycles. The van der Waals surface area contributed by atoms with Crippen molar-refractivity contribution >= 4 is 0 Å². The van der Waals surface area contributed by atoms with Crippen molar-refractivity contribution in [2.24, 2.45) is 5.92 Å². The fraction of sp³-hybridized carbons (Fsp3) is 0.647. The molecule has 0 amide bonds. The Morgan fingerprint density at radius 2 is 1.94 bits per heavy atom. The van der Waals surface area contributed by atoms with E-state index < -0.39 is 0 Å². The standard InChI is InChI=1S/C17H28O/c1-5-6-7-8-10-14(2)13-16-12-9-11-15(3)17(16)18-4/h9,11-12,14H,5-8,10,13H2,1-4H3. The highest BCUT2D eigenvalue weighted by Crippen LogP contribution is 2.26. The van der Waals surface area contributed by atoms with Crippen LogP contribution in [0.25, 0.3) is 0 Å². The Morgan fingerprint density at radius 1 is 1.17 bits per heavy atom. The van der Waals surface area contributed by atoms with Crippen molar-refractivity contribution < 1.29 is 4.74 Å². The Morgan fingerprint density at radius 3 is 2.61 bits per heavy atom. The minimum atomic E-state index is 0.748. The molecule has 1 rings (SSSR count). The summed E-state index contributed by atoms with van der Waals surface area (Å²) in [6.45, 7) is 6.74. The summed E-state index contributed by atoms with van der Waals surface area (Å²) < 4.78 is 5.52. The number of rotatable bonds is 8. The van der Waals surface area contributed by atoms with Gasteiger partial charge in [-0.05, 0) is 30.4 Å². The highest BCUT2D eigenvalue weighted by molar-refractivity contribution is 5.40. The Balaban J connectivity index is 2.48. The molecule has 0 heterocycles. The summed E-state index contributed by atoms with van der Waals surface area (Å²) in [4.78, 5) is 0. The lowest BCUT2D eigenvalue weighted by atomic mass is 9.94. The summed E-state index contributed by atoms with van der Waals surface area (Å²) in [5.74, 6) is 1.83. The van der Waals surface area contributed by atoms with Gasteiger partial charge in [0.05, 0.1) is 7.11 Å². The molecular weight excluding hydrogens is 220 g/mol. The van der Waals surface area contributed by atoms with Crippen LogP contribution in [0.15, 0.2) is 18.2 Å². The van der Waals surface area contributed by atoms with Gasteiger partial charge in [0.1, 0.15) is 5.75 Å². The second-order valence-corrected chi connectivity index (χ2v) is 5.43. The van der Waals surface area contributed by atoms with Crippen molar-refractivity contribution in [3.05, 3.63) is 29.3 Å². The van der Waals surface area contributed by atoms with Gasteiger partial charge in [-0.3, -0.25) is 0 Å². The van der Waals surface area contributed by atoms with E-state index in [-0.39, 0.29) is 0 Å². The molecule has 0 bridgehead atoms. The summed E-state index contributed by atoms with van der Waals surface area (Å²) in [5, 5.41) is 0. The SMILES string of the molecule is CCCCCCC(C)Cc1cccc(C)c1OC. The van der Waals surface area contributed by atoms with E-state index in [1.54, 1.807) is 7.11 Å². The Kier molecular flexibility index (Phi) is 6.85. The van der Waals surface area contributed by atoms with Gasteiger partial charge in [0, 0.05) is 0 Å². The minimum Gasteiger partial charge on any atom is -0.496 e. The Labute approximate surface area is 113 Å². The quantitative estimate of drug-likeness (QED) is 0.578. The van der Waals surface area contributed by atoms with E-state index in [2.05, 4.69) is 39.0 Å². The molecule has 0 radical (unpaired) electrons. The van der Waals surface area contributed by atoms with Crippen LogP contribution >= 0.6 is 0 Å². The molecule has 1 atom stereocenters. The number of benzene rings is 1. The first-order valence-corrected chi connectivity index (χ1v) is 7.31. The summed E-state index contributed by atoms with van der Waals surface area (Å²) in [6, 6.07) is 6.46. The lowest BCUT2D eigenvalue weighted by Gasteiger charge is -2.15. The molecule has 1 aromatic rings. The van der Waals surface area contributed by atoms with Crippen LogP contribution in [0.3, 0.4) is 0 Å². The summed E-state index contributed by atoms with van der Waals surface area (Å²) >= 11 is 0. The number of aryl methyl sites for hydroxylation is 1. The maximum absolute atomic E-state index is 5.52. The van der Waals surface area contributed by atoms with E-state index in [1.165, 1.54) is 43.2 Å². The van der Waals surface area contributed by atoms with Crippen molar-refractivity contribution in [2.45, 2.75) is 59.3 Å². The second kappa shape index (κ2) is 8.18. The normalized spacial score (nSPS) is 12.4. The van der Waals surface area contributed by atoms with Crippen LogP contribution in [-0.4, -0.2) is 7.11 Å². The van der Waals surface area contributed by atoms with Crippen molar-refractivity contribution in [3.8, 4) is 5.75 Å². The predicted molar refractivity (Wildman–Crippen MR) is 79.4 cm³/mol. The Bertz CT molecular complexity index is 343. The molecule has 1 heteroatoms. The van der Waals surface area contributed by atoms with E-state index >= 15 is 0 Å². The van der Waals surface area contributed by atoms with Crippen molar-refractivity contribution in [3.63, 3.8) is 0 Å². The molecule has 1 unspecified atom stereocenters. The summed E-state index contributed by atoms with van der Waals surface area (Å²) in [5.41, 5.74) is 2.61. The minimum absolute atomic E-state index is 0.748. The third-order valence-corrected chi connectivity index (χ3v) is 3.62. The van der Waals surface area contributed by atoms with E-state index in [9.17, 15) is 0 Å². The van der Waals surface area contributed by atoms with Gasteiger partial charge in [-0.2, -0.15) is 0 Å². The van der Waals surface area contributed by atoms with Gasteiger partial charge in [0.15, 0.2) is 0 Å². The maximum Gasteiger partial charge on any atom is 0.124 e. The maximum atomic E-state index is 5.52. The first kappa shape index (κ1) is 15.1. The zero-order chi connectivity index (χ0) is 13.4. The first-order valence-electron chi connectivity index (χ1n) is 7.31. The van der Waals surface area contributed by atoms with Gasteiger partial charge in [-0.15, -0.1) is 0 Å². The van der Waals surface area contributed by atoms with Gasteiger partial charge in [-0.25, -0.2) is 0 Å². The van der Waals surface area contributed by atoms with Crippen molar-refractivity contribution in [2.75, 3.05) is 7.11 Å². The molecule has 0 N–H and O–H groups in total. The number of ether oxygens (including phenoxy) is 1. The molecule has 1 nitrogen and oxygen atoms in total. The predicted octanol–water partition coefficient (Wildman–Crippen LogP) is 5.15. The van der Waals surface area contributed by atoms with E-state index in [0.29, 0.717) is 0 Å². The van der Waals surface area contributed by atoms with Crippen LogP contribution in [0, 0.1) is 12.8 Å². The summed E-state index contributed by atoms with van der Waals surface area (Å²) in [6.07, 6.45) is 7.91. The molecule has 0 saturated heterocycles. The number of hydrogen-bond donors (Lipinski definition) is 0. The molecule has 18 heavy (non-hydrogen) atoms. The van der Waals surface area contributed by atoms with E-state index in [0.717, 1.165) is 18.1 Å². The monoisotopic (exact) mass is 248 g/mol. The number of hydrogen-bond acceptors (Lipinski definition) is 1. The molecule has 1 aromatic carbocycles. The van der Waals surface area contributed by atoms with Crippen LogP contribution in [0.5, 0.6) is 5.75 Å². The number of para-hydroxylation sites is 1. The van der Waals surface area contributed by atoms with Gasteiger partial charge in [0.2, 0.25) is 0 Å². The Hall–Kier alpha value is -0.980. The third-order valence-electron chi connectivity index (χ3n) is 3.62. The molecular formula is C17H28O. The number of unbranched alkanes of at least 4 members (excludes halogenated alkanes) is 3. The van der Waals surface area contributed by atoms with Gasteiger partial charge >= 0.3 is 0 Å². The molecule has 102 valence electrons. The number of methoxy groups -OCH3 is 1. The highest BCUT2D eigenvalue weighted by atomic mass is 16.5. The molecule has 0 fully saturated rings. The van der Waals surface area contributed by atoms with Crippen LogP contribution in [-0.2, 0) is 6.42 Å². The topological polar surface area (TPSA) is 9.23 Å². The zero-order valence-corrected chi connectivity index (χ0v) is 12.5. The smallest absolute Gasteiger partial charge is 0.124 e. The lowest BCUT2D eigenvalue weighted by Crippen LogP contribution is -2.03. The highest BCUT2D eigenvalue weighted by Gasteiger charge is 2.09. The third kappa shape index (κ3) is 4.72. The molecule has 0 aromatic heterocycles. The van der Waals surface area contributed by atoms with E-state index in [4.69, 9.17) is 4.74 Å². The van der Waals surface area contributed by atoms with Gasteiger partial charge in [-0.1, -0.05) is 64.2 Å². The van der Waals surface area contributed by atoms with Crippen LogP contribution in [0.2, 0.25) is 0 Å². The first-order chi connectivity index (χ1) is 8.69. The average molecular weight is 248 g/mol.